The second-order valence-electron chi connectivity index (χ2n) is 5.88. The summed E-state index contributed by atoms with van der Waals surface area (Å²) in [5.41, 5.74) is 7.55. The third-order valence-corrected chi connectivity index (χ3v) is 4.86. The predicted octanol–water partition coefficient (Wildman–Crippen LogP) is 6.02. The Bertz CT molecular complexity index is 960. The Morgan fingerprint density at radius 1 is 0.857 bits per heavy atom. The van der Waals surface area contributed by atoms with Gasteiger partial charge in [-0.3, -0.25) is 10.4 Å². The first-order valence-corrected chi connectivity index (χ1v) is 9.48. The average Bonchev–Trinajstić information content (AvgIpc) is 2.75. The molecule has 0 spiro atoms. The van der Waals surface area contributed by atoms with Crippen LogP contribution in [0.2, 0.25) is 0 Å². The number of rotatable bonds is 4. The Hall–Kier alpha value is -2.70. The molecule has 1 N–H and O–H groups in total. The van der Waals surface area contributed by atoms with Crippen LogP contribution < -0.4 is 15.2 Å². The Morgan fingerprint density at radius 2 is 1.50 bits per heavy atom. The highest BCUT2D eigenvalue weighted by Crippen LogP contribution is 2.32. The molecule has 0 unspecified atom stereocenters. The van der Waals surface area contributed by atoms with Crippen LogP contribution in [0.3, 0.4) is 0 Å². The van der Waals surface area contributed by atoms with Gasteiger partial charge >= 0.3 is 0 Å². The molecule has 1 heterocycles. The van der Waals surface area contributed by atoms with E-state index in [1.165, 1.54) is 0 Å². The van der Waals surface area contributed by atoms with E-state index >= 15 is 0 Å². The van der Waals surface area contributed by atoms with Crippen LogP contribution >= 0.6 is 28.7 Å². The summed E-state index contributed by atoms with van der Waals surface area (Å²) >= 11 is 1.57. The molecule has 28 heavy (non-hydrogen) atoms. The highest BCUT2D eigenvalue weighted by molar-refractivity contribution is 8.93. The minimum atomic E-state index is 0. The zero-order chi connectivity index (χ0) is 18.5. The zero-order valence-electron chi connectivity index (χ0n) is 15.3. The molecule has 4 rings (SSSR count). The van der Waals surface area contributed by atoms with Crippen molar-refractivity contribution < 1.29 is 4.74 Å². The van der Waals surface area contributed by atoms with Crippen LogP contribution in [-0.2, 0) is 0 Å². The van der Waals surface area contributed by atoms with Crippen molar-refractivity contribution in [2.45, 2.75) is 0 Å². The van der Waals surface area contributed by atoms with Crippen molar-refractivity contribution in [3.63, 3.8) is 0 Å². The maximum Gasteiger partial charge on any atom is 0.185 e. The first-order chi connectivity index (χ1) is 13.3. The SMILES string of the molecule is Br.COc1ccc(C2=CSC(=Nc3ccccc3)NN2c2ccccc2)cc1. The maximum atomic E-state index is 5.28. The number of anilines is 1. The smallest absolute Gasteiger partial charge is 0.185 e. The van der Waals surface area contributed by atoms with Crippen molar-refractivity contribution in [2.75, 3.05) is 12.1 Å². The first kappa shape index (κ1) is 20.0. The number of ether oxygens (including phenoxy) is 1. The summed E-state index contributed by atoms with van der Waals surface area (Å²) in [5.74, 6) is 0.841. The van der Waals surface area contributed by atoms with Crippen molar-refractivity contribution in [3.8, 4) is 5.75 Å². The molecule has 4 nitrogen and oxygen atoms in total. The quantitative estimate of drug-likeness (QED) is 0.523. The second kappa shape index (κ2) is 9.48. The van der Waals surface area contributed by atoms with Crippen LogP contribution in [0.5, 0.6) is 5.75 Å². The molecular formula is C22H20BrN3OS. The van der Waals surface area contributed by atoms with Crippen molar-refractivity contribution in [3.05, 3.63) is 95.9 Å². The molecule has 0 saturated carbocycles. The third-order valence-electron chi connectivity index (χ3n) is 4.12. The Labute approximate surface area is 179 Å². The molecule has 0 amide bonds. The van der Waals surface area contributed by atoms with Crippen LogP contribution in [0, 0.1) is 0 Å². The largest absolute Gasteiger partial charge is 0.497 e. The van der Waals surface area contributed by atoms with Gasteiger partial charge in [0, 0.05) is 11.0 Å². The van der Waals surface area contributed by atoms with Crippen LogP contribution in [0.15, 0.2) is 95.3 Å². The molecule has 0 radical (unpaired) electrons. The summed E-state index contributed by atoms with van der Waals surface area (Å²) in [6, 6.07) is 28.2. The van der Waals surface area contributed by atoms with Gasteiger partial charge in [0.1, 0.15) is 5.75 Å². The number of hydrazine groups is 1. The number of hydrogen-bond acceptors (Lipinski definition) is 4. The van der Waals surface area contributed by atoms with Gasteiger partial charge in [0.25, 0.3) is 0 Å². The van der Waals surface area contributed by atoms with Gasteiger partial charge in [-0.05, 0) is 48.5 Å². The molecule has 0 atom stereocenters. The lowest BCUT2D eigenvalue weighted by molar-refractivity contribution is 0.415. The van der Waals surface area contributed by atoms with Crippen molar-refractivity contribution in [1.82, 2.24) is 5.43 Å². The molecule has 0 aromatic heterocycles. The Morgan fingerprint density at radius 3 is 2.14 bits per heavy atom. The van der Waals surface area contributed by atoms with E-state index in [4.69, 9.17) is 9.73 Å². The number of para-hydroxylation sites is 2. The molecule has 3 aromatic carbocycles. The zero-order valence-corrected chi connectivity index (χ0v) is 17.8. The van der Waals surface area contributed by atoms with E-state index in [2.05, 4.69) is 40.1 Å². The Kier molecular flexibility index (Phi) is 6.79. The van der Waals surface area contributed by atoms with Gasteiger partial charge in [0.15, 0.2) is 5.17 Å². The lowest BCUT2D eigenvalue weighted by Crippen LogP contribution is -2.42. The summed E-state index contributed by atoms with van der Waals surface area (Å²) in [4.78, 5) is 4.71. The van der Waals surface area contributed by atoms with E-state index in [0.29, 0.717) is 0 Å². The standard InChI is InChI=1S/C22H19N3OS.BrH/c1-26-20-14-12-17(13-15-20)21-16-27-22(23-18-8-4-2-5-9-18)24-25(21)19-10-6-3-7-11-19;/h2-16H,1H3,(H,23,24);1H. The molecule has 0 bridgehead atoms. The second-order valence-corrected chi connectivity index (χ2v) is 6.74. The number of amidine groups is 1. The van der Waals surface area contributed by atoms with E-state index in [0.717, 1.165) is 33.6 Å². The summed E-state index contributed by atoms with van der Waals surface area (Å²) in [6.07, 6.45) is 0. The van der Waals surface area contributed by atoms with Gasteiger partial charge in [-0.25, -0.2) is 4.99 Å². The number of nitrogens with zero attached hydrogens (tertiary/aromatic N) is 2. The molecular weight excluding hydrogens is 434 g/mol. The van der Waals surface area contributed by atoms with Gasteiger partial charge in [0.05, 0.1) is 24.2 Å². The van der Waals surface area contributed by atoms with Crippen LogP contribution in [0.25, 0.3) is 5.70 Å². The Balaban J connectivity index is 0.00000225. The number of thioether (sulfide) groups is 1. The van der Waals surface area contributed by atoms with Gasteiger partial charge in [-0.1, -0.05) is 48.2 Å². The van der Waals surface area contributed by atoms with E-state index in [1.807, 2.05) is 60.7 Å². The number of aliphatic imine (C=N–C) groups is 1. The number of methoxy groups -OCH3 is 1. The van der Waals surface area contributed by atoms with Crippen molar-refractivity contribution in [2.24, 2.45) is 4.99 Å². The summed E-state index contributed by atoms with van der Waals surface area (Å²) in [6.45, 7) is 0. The number of benzene rings is 3. The monoisotopic (exact) mass is 453 g/mol. The van der Waals surface area contributed by atoms with Crippen molar-refractivity contribution >= 4 is 51.0 Å². The molecule has 1 aliphatic heterocycles. The van der Waals surface area contributed by atoms with E-state index in [1.54, 1.807) is 18.9 Å². The molecule has 0 fully saturated rings. The van der Waals surface area contributed by atoms with Gasteiger partial charge < -0.3 is 4.74 Å². The summed E-state index contributed by atoms with van der Waals surface area (Å²) < 4.78 is 5.28. The molecule has 0 saturated heterocycles. The summed E-state index contributed by atoms with van der Waals surface area (Å²) in [7, 11) is 1.68. The molecule has 6 heteroatoms. The number of hydrogen-bond donors (Lipinski definition) is 1. The molecule has 0 aliphatic carbocycles. The van der Waals surface area contributed by atoms with Crippen LogP contribution in [0.4, 0.5) is 11.4 Å². The lowest BCUT2D eigenvalue weighted by Gasteiger charge is -2.32. The minimum Gasteiger partial charge on any atom is -0.497 e. The average molecular weight is 454 g/mol. The topological polar surface area (TPSA) is 36.9 Å². The van der Waals surface area contributed by atoms with Crippen LogP contribution in [-0.4, -0.2) is 12.3 Å². The predicted molar refractivity (Wildman–Crippen MR) is 124 cm³/mol. The normalized spacial score (nSPS) is 14.7. The fraction of sp³-hybridized carbons (Fsp3) is 0.0455. The van der Waals surface area contributed by atoms with Crippen LogP contribution in [0.1, 0.15) is 5.56 Å². The number of halogens is 1. The minimum absolute atomic E-state index is 0. The maximum absolute atomic E-state index is 5.28. The molecule has 3 aromatic rings. The molecule has 142 valence electrons. The first-order valence-electron chi connectivity index (χ1n) is 8.60. The molecule has 1 aliphatic rings. The van der Waals surface area contributed by atoms with E-state index in [9.17, 15) is 0 Å². The third kappa shape index (κ3) is 4.58. The fourth-order valence-electron chi connectivity index (χ4n) is 2.76. The van der Waals surface area contributed by atoms with Gasteiger partial charge in [-0.2, -0.15) is 0 Å². The van der Waals surface area contributed by atoms with E-state index < -0.39 is 0 Å². The number of nitrogens with one attached hydrogen (secondary N) is 1. The van der Waals surface area contributed by atoms with Gasteiger partial charge in [0.2, 0.25) is 0 Å². The summed E-state index contributed by atoms with van der Waals surface area (Å²) in [5, 5.41) is 5.00. The highest BCUT2D eigenvalue weighted by Gasteiger charge is 2.21. The van der Waals surface area contributed by atoms with E-state index in [-0.39, 0.29) is 17.0 Å². The van der Waals surface area contributed by atoms with Gasteiger partial charge in [-0.15, -0.1) is 17.0 Å². The van der Waals surface area contributed by atoms with Crippen molar-refractivity contribution in [1.29, 1.82) is 0 Å². The highest BCUT2D eigenvalue weighted by atomic mass is 79.9. The lowest BCUT2D eigenvalue weighted by atomic mass is 10.1. The fourth-order valence-corrected chi connectivity index (χ4v) is 3.52.